The number of non-ortho nitro benzene ring substituents is 1. The van der Waals surface area contributed by atoms with Gasteiger partial charge in [-0.25, -0.2) is 4.98 Å². The van der Waals surface area contributed by atoms with E-state index >= 15 is 0 Å². The first-order valence-electron chi connectivity index (χ1n) is 9.59. The van der Waals surface area contributed by atoms with Gasteiger partial charge in [0.15, 0.2) is 5.13 Å². The van der Waals surface area contributed by atoms with Crippen LogP contribution in [0.15, 0.2) is 42.5 Å². The molecule has 0 aliphatic carbocycles. The van der Waals surface area contributed by atoms with Crippen LogP contribution in [0.3, 0.4) is 0 Å². The largest absolute Gasteiger partial charge is 0.300 e. The fourth-order valence-electron chi connectivity index (χ4n) is 3.54. The van der Waals surface area contributed by atoms with Gasteiger partial charge in [-0.3, -0.25) is 29.4 Å². The van der Waals surface area contributed by atoms with Crippen LogP contribution in [0.25, 0.3) is 10.2 Å². The molecule has 0 fully saturated rings. The van der Waals surface area contributed by atoms with Gasteiger partial charge in [-0.2, -0.15) is 0 Å². The Labute approximate surface area is 180 Å². The van der Waals surface area contributed by atoms with E-state index in [1.165, 1.54) is 18.2 Å². The van der Waals surface area contributed by atoms with Crippen LogP contribution in [0.5, 0.6) is 0 Å². The molecule has 0 radical (unpaired) electrons. The van der Waals surface area contributed by atoms with E-state index in [2.05, 4.69) is 10.3 Å². The highest BCUT2D eigenvalue weighted by Crippen LogP contribution is 2.31. The Morgan fingerprint density at radius 2 is 1.81 bits per heavy atom. The molecule has 0 saturated carbocycles. The Balaban J connectivity index is 1.62. The van der Waals surface area contributed by atoms with Crippen molar-refractivity contribution in [2.75, 3.05) is 5.32 Å². The second-order valence-corrected chi connectivity index (χ2v) is 8.62. The van der Waals surface area contributed by atoms with Crippen LogP contribution in [0.1, 0.15) is 41.0 Å². The molecule has 1 aliphatic rings. The van der Waals surface area contributed by atoms with Crippen LogP contribution in [0.2, 0.25) is 0 Å². The second-order valence-electron chi connectivity index (χ2n) is 7.59. The highest BCUT2D eigenvalue weighted by Gasteiger charge is 2.42. The molecule has 158 valence electrons. The van der Waals surface area contributed by atoms with Crippen molar-refractivity contribution in [2.24, 2.45) is 5.92 Å². The lowest BCUT2D eigenvalue weighted by molar-refractivity contribution is -0.384. The summed E-state index contributed by atoms with van der Waals surface area (Å²) >= 11 is 1.09. The SMILES string of the molecule is CC(C)CC(C(=O)Nc1nc2ccc([N+](=O)[O-])cc2s1)N1C(=O)c2ccccc2C1=O. The first kappa shape index (κ1) is 20.6. The molecule has 31 heavy (non-hydrogen) atoms. The monoisotopic (exact) mass is 438 g/mol. The normalized spacial score (nSPS) is 14.2. The second kappa shape index (κ2) is 7.88. The van der Waals surface area contributed by atoms with E-state index in [4.69, 9.17) is 0 Å². The number of imide groups is 1. The average Bonchev–Trinajstić information content (AvgIpc) is 3.24. The van der Waals surface area contributed by atoms with E-state index in [1.54, 1.807) is 24.3 Å². The topological polar surface area (TPSA) is 123 Å². The molecule has 1 aromatic heterocycles. The molecule has 2 aromatic carbocycles. The van der Waals surface area contributed by atoms with E-state index in [0.717, 1.165) is 16.2 Å². The standard InChI is InChI=1S/C21H18N4O5S/c1-11(2)9-16(24-19(27)13-5-3-4-6-14(13)20(24)28)18(26)23-21-22-15-8-7-12(25(29)30)10-17(15)31-21/h3-8,10-11,16H,9H2,1-2H3,(H,22,23,26). The van der Waals surface area contributed by atoms with Gasteiger partial charge in [0.05, 0.1) is 26.3 Å². The number of nitro benzene ring substituents is 1. The van der Waals surface area contributed by atoms with Crippen molar-refractivity contribution >= 4 is 50.1 Å². The van der Waals surface area contributed by atoms with E-state index in [-0.39, 0.29) is 34.3 Å². The van der Waals surface area contributed by atoms with E-state index in [9.17, 15) is 24.5 Å². The number of amides is 3. The number of hydrogen-bond donors (Lipinski definition) is 1. The zero-order valence-corrected chi connectivity index (χ0v) is 17.5. The molecular weight excluding hydrogens is 420 g/mol. The Bertz CT molecular complexity index is 1200. The molecule has 4 rings (SSSR count). The van der Waals surface area contributed by atoms with Crippen molar-refractivity contribution in [3.63, 3.8) is 0 Å². The number of thiazole rings is 1. The zero-order chi connectivity index (χ0) is 22.3. The van der Waals surface area contributed by atoms with Gasteiger partial charge in [0, 0.05) is 12.1 Å². The van der Waals surface area contributed by atoms with Crippen LogP contribution in [0, 0.1) is 16.0 Å². The summed E-state index contributed by atoms with van der Waals surface area (Å²) in [6.45, 7) is 3.80. The molecule has 1 aliphatic heterocycles. The highest BCUT2D eigenvalue weighted by molar-refractivity contribution is 7.22. The quantitative estimate of drug-likeness (QED) is 0.354. The fraction of sp³-hybridized carbons (Fsp3) is 0.238. The molecule has 1 unspecified atom stereocenters. The summed E-state index contributed by atoms with van der Waals surface area (Å²) < 4.78 is 0.547. The molecule has 0 spiro atoms. The summed E-state index contributed by atoms with van der Waals surface area (Å²) in [5, 5.41) is 13.9. The van der Waals surface area contributed by atoms with Crippen molar-refractivity contribution in [2.45, 2.75) is 26.3 Å². The Hall–Kier alpha value is -3.66. The number of nitrogens with one attached hydrogen (secondary N) is 1. The number of nitrogens with zero attached hydrogens (tertiary/aromatic N) is 3. The smallest absolute Gasteiger partial charge is 0.270 e. The molecule has 9 nitrogen and oxygen atoms in total. The number of carbonyl (C=O) groups is 3. The van der Waals surface area contributed by atoms with Gasteiger partial charge in [-0.1, -0.05) is 37.3 Å². The van der Waals surface area contributed by atoms with Crippen molar-refractivity contribution in [1.82, 2.24) is 9.88 Å². The summed E-state index contributed by atoms with van der Waals surface area (Å²) in [6, 6.07) is 9.72. The lowest BCUT2D eigenvalue weighted by Gasteiger charge is -2.26. The first-order valence-corrected chi connectivity index (χ1v) is 10.4. The molecular formula is C21H18N4O5S. The van der Waals surface area contributed by atoms with Crippen molar-refractivity contribution in [1.29, 1.82) is 0 Å². The number of aromatic nitrogens is 1. The van der Waals surface area contributed by atoms with Gasteiger partial charge < -0.3 is 5.32 Å². The number of carbonyl (C=O) groups excluding carboxylic acids is 3. The van der Waals surface area contributed by atoms with Crippen LogP contribution in [-0.4, -0.2) is 38.6 Å². The van der Waals surface area contributed by atoms with Gasteiger partial charge in [0.2, 0.25) is 5.91 Å². The maximum absolute atomic E-state index is 13.1. The first-order chi connectivity index (χ1) is 14.8. The van der Waals surface area contributed by atoms with Crippen molar-refractivity contribution in [3.8, 4) is 0 Å². The lowest BCUT2D eigenvalue weighted by Crippen LogP contribution is -2.47. The van der Waals surface area contributed by atoms with E-state index in [1.807, 2.05) is 13.8 Å². The summed E-state index contributed by atoms with van der Waals surface area (Å²) in [7, 11) is 0. The fourth-order valence-corrected chi connectivity index (χ4v) is 4.44. The molecule has 3 aromatic rings. The minimum Gasteiger partial charge on any atom is -0.300 e. The molecule has 3 amide bonds. The minimum atomic E-state index is -1.01. The number of fused-ring (bicyclic) bond motifs is 2. The molecule has 0 saturated heterocycles. The summed E-state index contributed by atoms with van der Waals surface area (Å²) in [5.41, 5.74) is 0.993. The maximum Gasteiger partial charge on any atom is 0.270 e. The Morgan fingerprint density at radius 3 is 2.39 bits per heavy atom. The van der Waals surface area contributed by atoms with Crippen LogP contribution >= 0.6 is 11.3 Å². The third-order valence-electron chi connectivity index (χ3n) is 4.95. The van der Waals surface area contributed by atoms with E-state index < -0.39 is 28.7 Å². The predicted octanol–water partition coefficient (Wildman–Crippen LogP) is 3.85. The third-order valence-corrected chi connectivity index (χ3v) is 5.88. The summed E-state index contributed by atoms with van der Waals surface area (Å²) in [4.78, 5) is 54.7. The van der Waals surface area contributed by atoms with Gasteiger partial charge >= 0.3 is 0 Å². The van der Waals surface area contributed by atoms with Crippen molar-refractivity contribution in [3.05, 3.63) is 63.7 Å². The van der Waals surface area contributed by atoms with Crippen LogP contribution in [-0.2, 0) is 4.79 Å². The van der Waals surface area contributed by atoms with Crippen LogP contribution < -0.4 is 5.32 Å². The summed E-state index contributed by atoms with van der Waals surface area (Å²) in [6.07, 6.45) is 0.285. The molecule has 0 bridgehead atoms. The number of rotatable bonds is 6. The Kier molecular flexibility index (Phi) is 5.24. The highest BCUT2D eigenvalue weighted by atomic mass is 32.1. The Morgan fingerprint density at radius 1 is 1.16 bits per heavy atom. The van der Waals surface area contributed by atoms with Crippen molar-refractivity contribution < 1.29 is 19.3 Å². The van der Waals surface area contributed by atoms with Gasteiger partial charge in [0.1, 0.15) is 6.04 Å². The number of hydrogen-bond acceptors (Lipinski definition) is 7. The average molecular weight is 438 g/mol. The predicted molar refractivity (Wildman–Crippen MR) is 115 cm³/mol. The van der Waals surface area contributed by atoms with Gasteiger partial charge in [-0.05, 0) is 30.5 Å². The lowest BCUT2D eigenvalue weighted by atomic mass is 10.0. The summed E-state index contributed by atoms with van der Waals surface area (Å²) in [5.74, 6) is -1.49. The molecule has 1 N–H and O–H groups in total. The minimum absolute atomic E-state index is 0.0399. The number of nitro groups is 1. The zero-order valence-electron chi connectivity index (χ0n) is 16.7. The number of anilines is 1. The van der Waals surface area contributed by atoms with E-state index in [0.29, 0.717) is 10.2 Å². The third kappa shape index (κ3) is 3.77. The van der Waals surface area contributed by atoms with Gasteiger partial charge in [-0.15, -0.1) is 0 Å². The molecule has 2 heterocycles. The van der Waals surface area contributed by atoms with Crippen LogP contribution in [0.4, 0.5) is 10.8 Å². The molecule has 10 heteroatoms. The molecule has 1 atom stereocenters. The van der Waals surface area contributed by atoms with Gasteiger partial charge in [0.25, 0.3) is 17.5 Å². The maximum atomic E-state index is 13.1. The number of benzene rings is 2.